The maximum Gasteiger partial charge on any atom is 0.410 e. The van der Waals surface area contributed by atoms with E-state index in [0.29, 0.717) is 24.9 Å². The van der Waals surface area contributed by atoms with Crippen LogP contribution in [0.15, 0.2) is 41.7 Å². The first-order valence-electron chi connectivity index (χ1n) is 15.7. The molecule has 0 saturated carbocycles. The fourth-order valence-electron chi connectivity index (χ4n) is 7.02. The van der Waals surface area contributed by atoms with Gasteiger partial charge in [-0.2, -0.15) is 0 Å². The Balaban J connectivity index is 1.38. The molecule has 230 valence electrons. The first kappa shape index (κ1) is 29.7. The smallest absolute Gasteiger partial charge is 0.410 e. The second-order valence-corrected chi connectivity index (χ2v) is 14.5. The fourth-order valence-corrected chi connectivity index (χ4v) is 7.02. The third kappa shape index (κ3) is 5.54. The van der Waals surface area contributed by atoms with E-state index >= 15 is 0 Å². The van der Waals surface area contributed by atoms with Gasteiger partial charge in [0, 0.05) is 48.7 Å². The molecule has 4 aliphatic heterocycles. The van der Waals surface area contributed by atoms with Crippen molar-refractivity contribution in [3.05, 3.63) is 53.4 Å². The van der Waals surface area contributed by atoms with Crippen molar-refractivity contribution in [2.75, 3.05) is 32.1 Å². The van der Waals surface area contributed by atoms with Crippen LogP contribution in [0.25, 0.3) is 16.7 Å². The molecule has 1 amide bonds. The van der Waals surface area contributed by atoms with E-state index in [1.165, 1.54) is 11.1 Å². The SMILES string of the molecule is CC(C)(C)OC(=O)N1CCC[C@H]1c1cc(-c2cnc(N)c(C3=CN=C4OCC(C)(C)C4(C)C3)c2)ccc1C1CCOCC1. The van der Waals surface area contributed by atoms with Crippen LogP contribution in [-0.2, 0) is 14.2 Å². The highest BCUT2D eigenvalue weighted by atomic mass is 16.6. The molecular formula is C35H46N4O4. The number of allylic oxidation sites excluding steroid dienone is 1. The second kappa shape index (κ2) is 11.0. The minimum absolute atomic E-state index is 0.0350. The molecule has 0 bridgehead atoms. The van der Waals surface area contributed by atoms with Crippen molar-refractivity contribution in [2.45, 2.75) is 91.2 Å². The lowest BCUT2D eigenvalue weighted by Crippen LogP contribution is -2.37. The number of aromatic nitrogens is 1. The number of nitrogens with zero attached hydrogens (tertiary/aromatic N) is 3. The van der Waals surface area contributed by atoms with Crippen molar-refractivity contribution in [3.63, 3.8) is 0 Å². The zero-order valence-corrected chi connectivity index (χ0v) is 26.5. The fraction of sp³-hybridized carbons (Fsp3) is 0.571. The number of likely N-dealkylation sites (tertiary alicyclic amines) is 1. The second-order valence-electron chi connectivity index (χ2n) is 14.5. The predicted molar refractivity (Wildman–Crippen MR) is 170 cm³/mol. The van der Waals surface area contributed by atoms with Gasteiger partial charge in [-0.1, -0.05) is 26.0 Å². The Morgan fingerprint density at radius 3 is 2.58 bits per heavy atom. The molecule has 2 N–H and O–H groups in total. The van der Waals surface area contributed by atoms with E-state index in [4.69, 9.17) is 24.9 Å². The van der Waals surface area contributed by atoms with E-state index in [1.807, 2.05) is 38.1 Å². The van der Waals surface area contributed by atoms with Gasteiger partial charge < -0.3 is 24.8 Å². The largest absolute Gasteiger partial charge is 0.480 e. The normalized spacial score (nSPS) is 25.5. The number of amides is 1. The van der Waals surface area contributed by atoms with Crippen molar-refractivity contribution in [1.82, 2.24) is 9.88 Å². The molecular weight excluding hydrogens is 540 g/mol. The maximum absolute atomic E-state index is 13.3. The summed E-state index contributed by atoms with van der Waals surface area (Å²) in [6.07, 6.45) is 8.11. The molecule has 2 aromatic rings. The van der Waals surface area contributed by atoms with E-state index < -0.39 is 5.60 Å². The quantitative estimate of drug-likeness (QED) is 0.398. The summed E-state index contributed by atoms with van der Waals surface area (Å²) in [5.41, 5.74) is 12.3. The number of carbonyl (C=O) groups is 1. The van der Waals surface area contributed by atoms with Gasteiger partial charge in [-0.3, -0.25) is 0 Å². The number of fused-ring (bicyclic) bond motifs is 1. The Morgan fingerprint density at radius 2 is 1.84 bits per heavy atom. The molecule has 1 aromatic heterocycles. The van der Waals surface area contributed by atoms with Crippen LogP contribution in [-0.4, -0.2) is 53.8 Å². The Hall–Kier alpha value is -3.39. The maximum atomic E-state index is 13.3. The van der Waals surface area contributed by atoms with Gasteiger partial charge in [0.25, 0.3) is 0 Å². The van der Waals surface area contributed by atoms with Gasteiger partial charge in [0.15, 0.2) is 5.90 Å². The summed E-state index contributed by atoms with van der Waals surface area (Å²) < 4.78 is 17.5. The average molecular weight is 587 g/mol. The zero-order valence-electron chi connectivity index (χ0n) is 26.5. The summed E-state index contributed by atoms with van der Waals surface area (Å²) in [6.45, 7) is 15.3. The molecule has 0 aliphatic carbocycles. The van der Waals surface area contributed by atoms with Crippen LogP contribution in [0, 0.1) is 10.8 Å². The molecule has 43 heavy (non-hydrogen) atoms. The summed E-state index contributed by atoms with van der Waals surface area (Å²) in [7, 11) is 0. The number of anilines is 1. The number of nitrogen functional groups attached to an aromatic ring is 1. The number of aliphatic imine (C=N–C) groups is 1. The summed E-state index contributed by atoms with van der Waals surface area (Å²) >= 11 is 0. The summed E-state index contributed by atoms with van der Waals surface area (Å²) in [5, 5.41) is 0. The van der Waals surface area contributed by atoms with Crippen molar-refractivity contribution in [2.24, 2.45) is 15.8 Å². The molecule has 1 aromatic carbocycles. The van der Waals surface area contributed by atoms with Crippen LogP contribution in [0.3, 0.4) is 0 Å². The van der Waals surface area contributed by atoms with Crippen molar-refractivity contribution in [1.29, 1.82) is 0 Å². The third-order valence-electron chi connectivity index (χ3n) is 10.0. The van der Waals surface area contributed by atoms with Gasteiger partial charge in [-0.15, -0.1) is 0 Å². The van der Waals surface area contributed by atoms with Crippen LogP contribution in [0.5, 0.6) is 0 Å². The highest BCUT2D eigenvalue weighted by Gasteiger charge is 2.53. The van der Waals surface area contributed by atoms with Crippen LogP contribution < -0.4 is 5.73 Å². The van der Waals surface area contributed by atoms with Crippen LogP contribution in [0.4, 0.5) is 10.6 Å². The number of hydrogen-bond acceptors (Lipinski definition) is 7. The number of benzene rings is 1. The van der Waals surface area contributed by atoms with Crippen molar-refractivity contribution in [3.8, 4) is 11.1 Å². The van der Waals surface area contributed by atoms with E-state index in [-0.39, 0.29) is 23.0 Å². The lowest BCUT2D eigenvalue weighted by atomic mass is 9.64. The standard InChI is InChI=1S/C35H46N4O4/c1-33(2,3)43-32(40)39-13-7-8-29(39)28-16-23(9-10-26(28)22-11-14-41-15-12-22)24-17-27(30(36)37-19-24)25-18-35(6)31(38-20-25)42-21-34(35,4)5/h9-10,16-17,19-20,22,29H,7-8,11-15,18,21H2,1-6H3,(H2,36,37)/t29-,35?/m0/s1. The Labute approximate surface area is 255 Å². The van der Waals surface area contributed by atoms with Gasteiger partial charge in [0.1, 0.15) is 11.4 Å². The molecule has 5 heterocycles. The summed E-state index contributed by atoms with van der Waals surface area (Å²) in [4.78, 5) is 24.6. The van der Waals surface area contributed by atoms with Crippen LogP contribution in [0.1, 0.15) is 102 Å². The molecule has 2 atom stereocenters. The molecule has 3 saturated heterocycles. The number of hydrogen-bond donors (Lipinski definition) is 1. The molecule has 6 rings (SSSR count). The number of ether oxygens (including phenoxy) is 3. The molecule has 0 radical (unpaired) electrons. The molecule has 8 nitrogen and oxygen atoms in total. The topological polar surface area (TPSA) is 99.3 Å². The Bertz CT molecular complexity index is 1470. The molecule has 0 spiro atoms. The van der Waals surface area contributed by atoms with Gasteiger partial charge in [0.05, 0.1) is 18.1 Å². The Kier molecular flexibility index (Phi) is 7.56. The van der Waals surface area contributed by atoms with Crippen molar-refractivity contribution < 1.29 is 19.0 Å². The molecule has 4 aliphatic rings. The van der Waals surface area contributed by atoms with Gasteiger partial charge in [-0.25, -0.2) is 14.8 Å². The van der Waals surface area contributed by atoms with Crippen LogP contribution in [0.2, 0.25) is 0 Å². The molecule has 3 fully saturated rings. The Morgan fingerprint density at radius 1 is 1.07 bits per heavy atom. The minimum Gasteiger partial charge on any atom is -0.480 e. The van der Waals surface area contributed by atoms with E-state index in [9.17, 15) is 4.79 Å². The van der Waals surface area contributed by atoms with E-state index in [2.05, 4.69) is 50.0 Å². The lowest BCUT2D eigenvalue weighted by Gasteiger charge is -2.37. The number of carbonyl (C=O) groups excluding carboxylic acids is 1. The van der Waals surface area contributed by atoms with Gasteiger partial charge in [-0.05, 0) is 100 Å². The van der Waals surface area contributed by atoms with E-state index in [1.54, 1.807) is 0 Å². The lowest BCUT2D eigenvalue weighted by molar-refractivity contribution is 0.0222. The highest BCUT2D eigenvalue weighted by molar-refractivity contribution is 5.92. The molecule has 1 unspecified atom stereocenters. The van der Waals surface area contributed by atoms with E-state index in [0.717, 1.165) is 73.5 Å². The monoisotopic (exact) mass is 586 g/mol. The number of pyridine rings is 1. The first-order valence-corrected chi connectivity index (χ1v) is 15.7. The summed E-state index contributed by atoms with van der Waals surface area (Å²) in [6, 6.07) is 8.84. The van der Waals surface area contributed by atoms with Gasteiger partial charge >= 0.3 is 6.09 Å². The summed E-state index contributed by atoms with van der Waals surface area (Å²) in [5.74, 6) is 1.71. The number of rotatable bonds is 4. The number of nitrogens with two attached hydrogens (primary N) is 1. The minimum atomic E-state index is -0.544. The average Bonchev–Trinajstić information content (AvgIpc) is 3.55. The predicted octanol–water partition coefficient (Wildman–Crippen LogP) is 7.50. The van der Waals surface area contributed by atoms with Crippen LogP contribution >= 0.6 is 0 Å². The first-order chi connectivity index (χ1) is 20.4. The zero-order chi connectivity index (χ0) is 30.6. The van der Waals surface area contributed by atoms with Gasteiger partial charge in [0.2, 0.25) is 0 Å². The third-order valence-corrected chi connectivity index (χ3v) is 10.0. The molecule has 8 heteroatoms. The van der Waals surface area contributed by atoms with Crippen molar-refractivity contribution >= 4 is 23.4 Å². The highest BCUT2D eigenvalue weighted by Crippen LogP contribution is 2.53.